The van der Waals surface area contributed by atoms with Gasteiger partial charge in [-0.1, -0.05) is 13.8 Å². The molecule has 2 aromatic rings. The molecule has 4 nitrogen and oxygen atoms in total. The predicted octanol–water partition coefficient (Wildman–Crippen LogP) is 3.49. The molecule has 0 aliphatic carbocycles. The quantitative estimate of drug-likeness (QED) is 0.806. The molecule has 6 heteroatoms. The Labute approximate surface area is 134 Å². The molecule has 2 heterocycles. The molecule has 2 aromatic heterocycles. The van der Waals surface area contributed by atoms with E-state index in [1.54, 1.807) is 29.8 Å². The lowest BCUT2D eigenvalue weighted by molar-refractivity contribution is 0.181. The van der Waals surface area contributed by atoms with E-state index in [-0.39, 0.29) is 0 Å². The Hall–Kier alpha value is -0.950. The fourth-order valence-electron chi connectivity index (χ4n) is 1.94. The maximum atomic E-state index is 5.27. The van der Waals surface area contributed by atoms with Gasteiger partial charge in [0.1, 0.15) is 0 Å². The average Bonchev–Trinajstić information content (AvgIpc) is 3.06. The Kier molecular flexibility index (Phi) is 6.17. The van der Waals surface area contributed by atoms with Crippen LogP contribution in [-0.2, 0) is 24.4 Å². The molecule has 0 unspecified atom stereocenters. The number of nitrogens with one attached hydrogen (secondary N) is 1. The molecular weight excluding hydrogens is 302 g/mol. The predicted molar refractivity (Wildman–Crippen MR) is 91.2 cm³/mol. The molecule has 2 rings (SSSR count). The molecular formula is C15H23N3OS2. The lowest BCUT2D eigenvalue weighted by atomic mass is 10.3. The largest absolute Gasteiger partial charge is 0.378 e. The Morgan fingerprint density at radius 2 is 2.24 bits per heavy atom. The smallest absolute Gasteiger partial charge is 0.185 e. The van der Waals surface area contributed by atoms with Crippen LogP contribution in [0.4, 0.5) is 5.13 Å². The summed E-state index contributed by atoms with van der Waals surface area (Å²) in [5, 5.41) is 8.80. The van der Waals surface area contributed by atoms with E-state index in [4.69, 9.17) is 9.72 Å². The Morgan fingerprint density at radius 1 is 1.43 bits per heavy atom. The SMILES string of the molecule is COCc1nc(N(C)Cc2ccsc2)sc1CNC(C)C. The molecule has 116 valence electrons. The summed E-state index contributed by atoms with van der Waals surface area (Å²) in [5.41, 5.74) is 2.37. The zero-order chi connectivity index (χ0) is 15.2. The van der Waals surface area contributed by atoms with Crippen molar-refractivity contribution in [2.24, 2.45) is 0 Å². The minimum absolute atomic E-state index is 0.467. The first-order valence-corrected chi connectivity index (χ1v) is 8.79. The minimum atomic E-state index is 0.467. The number of ether oxygens (including phenoxy) is 1. The van der Waals surface area contributed by atoms with E-state index in [9.17, 15) is 0 Å². The summed E-state index contributed by atoms with van der Waals surface area (Å²) < 4.78 is 5.27. The summed E-state index contributed by atoms with van der Waals surface area (Å²) in [4.78, 5) is 8.20. The molecule has 0 spiro atoms. The highest BCUT2D eigenvalue weighted by Gasteiger charge is 2.14. The van der Waals surface area contributed by atoms with Crippen molar-refractivity contribution in [3.05, 3.63) is 33.0 Å². The van der Waals surface area contributed by atoms with E-state index in [0.29, 0.717) is 12.6 Å². The summed E-state index contributed by atoms with van der Waals surface area (Å²) in [6.45, 7) is 6.61. The van der Waals surface area contributed by atoms with Gasteiger partial charge >= 0.3 is 0 Å². The number of hydrogen-bond donors (Lipinski definition) is 1. The molecule has 0 fully saturated rings. The third-order valence-electron chi connectivity index (χ3n) is 3.05. The highest BCUT2D eigenvalue weighted by Crippen LogP contribution is 2.27. The highest BCUT2D eigenvalue weighted by atomic mass is 32.1. The second-order valence-corrected chi connectivity index (χ2v) is 7.16. The van der Waals surface area contributed by atoms with Crippen molar-refractivity contribution in [1.29, 1.82) is 0 Å². The lowest BCUT2D eigenvalue weighted by Gasteiger charge is -2.14. The van der Waals surface area contributed by atoms with Crippen LogP contribution < -0.4 is 10.2 Å². The number of hydrogen-bond acceptors (Lipinski definition) is 6. The minimum Gasteiger partial charge on any atom is -0.378 e. The summed E-state index contributed by atoms with van der Waals surface area (Å²) in [5.74, 6) is 0. The van der Waals surface area contributed by atoms with E-state index >= 15 is 0 Å². The third-order valence-corrected chi connectivity index (χ3v) is 4.99. The van der Waals surface area contributed by atoms with Crippen LogP contribution >= 0.6 is 22.7 Å². The summed E-state index contributed by atoms with van der Waals surface area (Å²) in [6, 6.07) is 2.63. The van der Waals surface area contributed by atoms with E-state index in [2.05, 4.69) is 47.9 Å². The third kappa shape index (κ3) is 4.78. The van der Waals surface area contributed by atoms with Gasteiger partial charge < -0.3 is 15.0 Å². The molecule has 0 bridgehead atoms. The van der Waals surface area contributed by atoms with Crippen LogP contribution in [0.1, 0.15) is 30.0 Å². The van der Waals surface area contributed by atoms with Crippen LogP contribution in [0, 0.1) is 0 Å². The van der Waals surface area contributed by atoms with Crippen LogP contribution in [0.3, 0.4) is 0 Å². The number of anilines is 1. The number of methoxy groups -OCH3 is 1. The maximum Gasteiger partial charge on any atom is 0.185 e. The van der Waals surface area contributed by atoms with Gasteiger partial charge in [0.15, 0.2) is 5.13 Å². The van der Waals surface area contributed by atoms with Crippen LogP contribution in [0.2, 0.25) is 0 Å². The number of rotatable bonds is 8. The molecule has 1 N–H and O–H groups in total. The standard InChI is InChI=1S/C15H23N3OS2/c1-11(2)16-7-14-13(9-19-4)17-15(21-14)18(3)8-12-5-6-20-10-12/h5-6,10-11,16H,7-9H2,1-4H3. The molecule has 0 radical (unpaired) electrons. The number of thiazole rings is 1. The zero-order valence-corrected chi connectivity index (χ0v) is 14.7. The van der Waals surface area contributed by atoms with Gasteiger partial charge in [-0.25, -0.2) is 4.98 Å². The fraction of sp³-hybridized carbons (Fsp3) is 0.533. The van der Waals surface area contributed by atoms with Gasteiger partial charge in [-0.15, -0.1) is 11.3 Å². The second-order valence-electron chi connectivity index (χ2n) is 5.32. The van der Waals surface area contributed by atoms with E-state index in [0.717, 1.165) is 23.9 Å². The summed E-state index contributed by atoms with van der Waals surface area (Å²) in [7, 11) is 3.81. The van der Waals surface area contributed by atoms with E-state index in [1.807, 2.05) is 0 Å². The number of nitrogens with zero attached hydrogens (tertiary/aromatic N) is 2. The summed E-state index contributed by atoms with van der Waals surface area (Å²) in [6.07, 6.45) is 0. The van der Waals surface area contributed by atoms with Gasteiger partial charge in [-0.3, -0.25) is 0 Å². The van der Waals surface area contributed by atoms with Crippen molar-refractivity contribution in [3.63, 3.8) is 0 Å². The average molecular weight is 326 g/mol. The van der Waals surface area contributed by atoms with Gasteiger partial charge in [0.05, 0.1) is 12.3 Å². The maximum absolute atomic E-state index is 5.27. The van der Waals surface area contributed by atoms with Crippen LogP contribution in [0.25, 0.3) is 0 Å². The topological polar surface area (TPSA) is 37.4 Å². The first kappa shape index (κ1) is 16.4. The first-order valence-electron chi connectivity index (χ1n) is 7.03. The highest BCUT2D eigenvalue weighted by molar-refractivity contribution is 7.15. The van der Waals surface area contributed by atoms with Crippen molar-refractivity contribution >= 4 is 27.8 Å². The monoisotopic (exact) mass is 325 g/mol. The van der Waals surface area contributed by atoms with Crippen LogP contribution in [0.5, 0.6) is 0 Å². The van der Waals surface area contributed by atoms with E-state index in [1.165, 1.54) is 10.4 Å². The normalized spacial score (nSPS) is 11.3. The fourth-order valence-corrected chi connectivity index (χ4v) is 3.58. The molecule has 21 heavy (non-hydrogen) atoms. The van der Waals surface area contributed by atoms with Gasteiger partial charge in [-0.05, 0) is 22.4 Å². The van der Waals surface area contributed by atoms with Crippen molar-refractivity contribution in [2.75, 3.05) is 19.1 Å². The second kappa shape index (κ2) is 7.89. The van der Waals surface area contributed by atoms with Crippen molar-refractivity contribution < 1.29 is 4.74 Å². The van der Waals surface area contributed by atoms with Gasteiger partial charge in [-0.2, -0.15) is 11.3 Å². The molecule has 0 aliphatic heterocycles. The van der Waals surface area contributed by atoms with Crippen molar-refractivity contribution in [2.45, 2.75) is 39.6 Å². The molecule has 0 aromatic carbocycles. The Bertz CT molecular complexity index is 537. The molecule has 0 saturated carbocycles. The molecule has 0 aliphatic rings. The molecule has 0 saturated heterocycles. The first-order chi connectivity index (χ1) is 10.1. The van der Waals surface area contributed by atoms with Crippen molar-refractivity contribution in [1.82, 2.24) is 10.3 Å². The van der Waals surface area contributed by atoms with Gasteiger partial charge in [0.2, 0.25) is 0 Å². The summed E-state index contributed by atoms with van der Waals surface area (Å²) >= 11 is 3.48. The molecule has 0 atom stereocenters. The van der Waals surface area contributed by atoms with Crippen LogP contribution in [0.15, 0.2) is 16.8 Å². The lowest BCUT2D eigenvalue weighted by Crippen LogP contribution is -2.21. The van der Waals surface area contributed by atoms with Gasteiger partial charge in [0, 0.05) is 38.2 Å². The van der Waals surface area contributed by atoms with Crippen molar-refractivity contribution in [3.8, 4) is 0 Å². The number of thiophene rings is 1. The van der Waals surface area contributed by atoms with Gasteiger partial charge in [0.25, 0.3) is 0 Å². The van der Waals surface area contributed by atoms with E-state index < -0.39 is 0 Å². The molecule has 0 amide bonds. The Morgan fingerprint density at radius 3 is 2.86 bits per heavy atom. The number of aromatic nitrogens is 1. The Balaban J connectivity index is 2.09. The zero-order valence-electron chi connectivity index (χ0n) is 13.0. The van der Waals surface area contributed by atoms with Crippen LogP contribution in [-0.4, -0.2) is 25.2 Å².